The van der Waals surface area contributed by atoms with Gasteiger partial charge in [0.1, 0.15) is 30.2 Å². The van der Waals surface area contributed by atoms with Gasteiger partial charge < -0.3 is 35.6 Å². The SMILES string of the molecule is NCC(=O)CCC(=O)O[C@H]1O[C@H](CO)[C@@H](O)[C@@H](O)[C@H]1O. The second-order valence-electron chi connectivity index (χ2n) is 4.43. The number of hydrogen-bond acceptors (Lipinski definition) is 9. The number of rotatable bonds is 6. The maximum Gasteiger partial charge on any atom is 0.308 e. The first kappa shape index (κ1) is 17.0. The summed E-state index contributed by atoms with van der Waals surface area (Å²) in [6, 6.07) is 0. The van der Waals surface area contributed by atoms with Crippen LogP contribution >= 0.6 is 0 Å². The Morgan fingerprint density at radius 2 is 1.75 bits per heavy atom. The van der Waals surface area contributed by atoms with Crippen molar-refractivity contribution < 1.29 is 39.5 Å². The van der Waals surface area contributed by atoms with E-state index in [9.17, 15) is 24.9 Å². The Hall–Kier alpha value is -1.10. The lowest BCUT2D eigenvalue weighted by atomic mass is 9.99. The number of Topliss-reactive ketones (excluding diaryl/α,β-unsaturated/α-hetero) is 1. The second kappa shape index (κ2) is 7.62. The predicted molar refractivity (Wildman–Crippen MR) is 63.2 cm³/mol. The van der Waals surface area contributed by atoms with Gasteiger partial charge in [0.25, 0.3) is 0 Å². The van der Waals surface area contributed by atoms with Crippen molar-refractivity contribution in [3.8, 4) is 0 Å². The molecule has 0 amide bonds. The summed E-state index contributed by atoms with van der Waals surface area (Å²) in [4.78, 5) is 22.4. The van der Waals surface area contributed by atoms with Gasteiger partial charge in [-0.25, -0.2) is 0 Å². The van der Waals surface area contributed by atoms with Gasteiger partial charge in [-0.2, -0.15) is 0 Å². The van der Waals surface area contributed by atoms with E-state index in [4.69, 9.17) is 20.3 Å². The van der Waals surface area contributed by atoms with E-state index >= 15 is 0 Å². The van der Waals surface area contributed by atoms with Crippen LogP contribution in [0.3, 0.4) is 0 Å². The van der Waals surface area contributed by atoms with E-state index < -0.39 is 43.3 Å². The van der Waals surface area contributed by atoms with Crippen molar-refractivity contribution in [2.45, 2.75) is 43.5 Å². The zero-order valence-electron chi connectivity index (χ0n) is 10.7. The number of carbonyl (C=O) groups is 2. The molecule has 1 aliphatic rings. The third-order valence-corrected chi connectivity index (χ3v) is 2.93. The quantitative estimate of drug-likeness (QED) is 0.315. The van der Waals surface area contributed by atoms with Gasteiger partial charge in [-0.15, -0.1) is 0 Å². The van der Waals surface area contributed by atoms with Crippen molar-refractivity contribution in [2.75, 3.05) is 13.2 Å². The summed E-state index contributed by atoms with van der Waals surface area (Å²) in [6.45, 7) is -0.808. The molecule has 116 valence electrons. The molecular formula is C11H19NO8. The molecule has 0 aromatic rings. The third kappa shape index (κ3) is 4.20. The zero-order chi connectivity index (χ0) is 15.3. The standard InChI is InChI=1S/C11H19NO8/c12-3-5(14)1-2-7(15)20-11-10(18)9(17)8(16)6(4-13)19-11/h6,8-11,13,16-18H,1-4,12H2/t6-,8-,9-,10-,11-/m1/s1. The lowest BCUT2D eigenvalue weighted by Crippen LogP contribution is -2.59. The highest BCUT2D eigenvalue weighted by Crippen LogP contribution is 2.22. The molecule has 1 heterocycles. The molecule has 9 heteroatoms. The van der Waals surface area contributed by atoms with Crippen LogP contribution in [0.5, 0.6) is 0 Å². The van der Waals surface area contributed by atoms with Crippen molar-refractivity contribution in [3.05, 3.63) is 0 Å². The van der Waals surface area contributed by atoms with E-state index in [0.29, 0.717) is 0 Å². The van der Waals surface area contributed by atoms with Gasteiger partial charge in [0.05, 0.1) is 19.6 Å². The van der Waals surface area contributed by atoms with E-state index in [1.54, 1.807) is 0 Å². The molecule has 0 bridgehead atoms. The van der Waals surface area contributed by atoms with Crippen LogP contribution in [0.2, 0.25) is 0 Å². The molecule has 0 aliphatic carbocycles. The van der Waals surface area contributed by atoms with Crippen molar-refractivity contribution in [1.29, 1.82) is 0 Å². The molecule has 9 nitrogen and oxygen atoms in total. The maximum absolute atomic E-state index is 11.4. The van der Waals surface area contributed by atoms with E-state index in [-0.39, 0.29) is 25.2 Å². The highest BCUT2D eigenvalue weighted by Gasteiger charge is 2.45. The number of carbonyl (C=O) groups excluding carboxylic acids is 2. The molecule has 1 saturated heterocycles. The Labute approximate surface area is 114 Å². The van der Waals surface area contributed by atoms with E-state index in [1.807, 2.05) is 0 Å². The lowest BCUT2D eigenvalue weighted by Gasteiger charge is -2.39. The molecule has 0 saturated carbocycles. The minimum absolute atomic E-state index is 0.104. The lowest BCUT2D eigenvalue weighted by molar-refractivity contribution is -0.292. The van der Waals surface area contributed by atoms with Gasteiger partial charge in [-0.3, -0.25) is 9.59 Å². The summed E-state index contributed by atoms with van der Waals surface area (Å²) < 4.78 is 9.73. The van der Waals surface area contributed by atoms with Gasteiger partial charge >= 0.3 is 5.97 Å². The zero-order valence-corrected chi connectivity index (χ0v) is 10.7. The summed E-state index contributed by atoms with van der Waals surface area (Å²) in [5, 5.41) is 37.6. The second-order valence-corrected chi connectivity index (χ2v) is 4.43. The highest BCUT2D eigenvalue weighted by molar-refractivity contribution is 5.84. The van der Waals surface area contributed by atoms with Crippen LogP contribution in [-0.4, -0.2) is 76.0 Å². The first-order chi connectivity index (χ1) is 9.40. The van der Waals surface area contributed by atoms with Crippen molar-refractivity contribution in [3.63, 3.8) is 0 Å². The minimum atomic E-state index is -1.65. The van der Waals surface area contributed by atoms with E-state index in [1.165, 1.54) is 0 Å². The molecule has 0 spiro atoms. The number of ketones is 1. The maximum atomic E-state index is 11.4. The van der Waals surface area contributed by atoms with Crippen LogP contribution in [-0.2, 0) is 19.1 Å². The van der Waals surface area contributed by atoms with Crippen molar-refractivity contribution >= 4 is 11.8 Å². The molecule has 20 heavy (non-hydrogen) atoms. The first-order valence-corrected chi connectivity index (χ1v) is 6.12. The Morgan fingerprint density at radius 3 is 2.30 bits per heavy atom. The molecule has 5 atom stereocenters. The largest absolute Gasteiger partial charge is 0.433 e. The fourth-order valence-corrected chi connectivity index (χ4v) is 1.70. The van der Waals surface area contributed by atoms with E-state index in [0.717, 1.165) is 0 Å². The summed E-state index contributed by atoms with van der Waals surface area (Å²) in [5.74, 6) is -1.15. The van der Waals surface area contributed by atoms with Crippen LogP contribution in [0.1, 0.15) is 12.8 Å². The van der Waals surface area contributed by atoms with Crippen molar-refractivity contribution in [2.24, 2.45) is 5.73 Å². The molecule has 1 rings (SSSR count). The fourth-order valence-electron chi connectivity index (χ4n) is 1.70. The van der Waals surface area contributed by atoms with Crippen LogP contribution in [0.15, 0.2) is 0 Å². The molecule has 1 fully saturated rings. The minimum Gasteiger partial charge on any atom is -0.433 e. The highest BCUT2D eigenvalue weighted by atomic mass is 16.7. The average Bonchev–Trinajstić information content (AvgIpc) is 2.45. The molecule has 0 aromatic heterocycles. The number of aliphatic hydroxyl groups is 4. The number of hydrogen-bond donors (Lipinski definition) is 5. The Balaban J connectivity index is 2.53. The van der Waals surface area contributed by atoms with Gasteiger partial charge in [0, 0.05) is 6.42 Å². The summed E-state index contributed by atoms with van der Waals surface area (Å²) >= 11 is 0. The molecular weight excluding hydrogens is 274 g/mol. The third-order valence-electron chi connectivity index (χ3n) is 2.93. The molecule has 0 aromatic carbocycles. The summed E-state index contributed by atoms with van der Waals surface area (Å²) in [5.41, 5.74) is 5.08. The van der Waals surface area contributed by atoms with Crippen LogP contribution in [0, 0.1) is 0 Å². The Kier molecular flexibility index (Phi) is 6.46. The molecule has 1 aliphatic heterocycles. The van der Waals surface area contributed by atoms with Crippen molar-refractivity contribution in [1.82, 2.24) is 0 Å². The Morgan fingerprint density at radius 1 is 1.10 bits per heavy atom. The molecule has 6 N–H and O–H groups in total. The van der Waals surface area contributed by atoms with Gasteiger partial charge in [-0.05, 0) is 0 Å². The predicted octanol–water partition coefficient (Wildman–Crippen LogP) is -3.36. The van der Waals surface area contributed by atoms with Crippen LogP contribution < -0.4 is 5.73 Å². The average molecular weight is 293 g/mol. The summed E-state index contributed by atoms with van der Waals surface area (Å²) in [6.07, 6.45) is -7.82. The first-order valence-electron chi connectivity index (χ1n) is 6.12. The number of nitrogens with two attached hydrogens (primary N) is 1. The van der Waals surface area contributed by atoms with Gasteiger partial charge in [0.15, 0.2) is 0 Å². The number of ether oxygens (including phenoxy) is 2. The topological polar surface area (TPSA) is 160 Å². The Bertz CT molecular complexity index is 347. The fraction of sp³-hybridized carbons (Fsp3) is 0.818. The molecule has 0 unspecified atom stereocenters. The number of aliphatic hydroxyl groups excluding tert-OH is 4. The number of esters is 1. The normalized spacial score (nSPS) is 33.8. The molecule has 0 radical (unpaired) electrons. The smallest absolute Gasteiger partial charge is 0.308 e. The van der Waals surface area contributed by atoms with Gasteiger partial charge in [0.2, 0.25) is 6.29 Å². The van der Waals surface area contributed by atoms with Crippen LogP contribution in [0.4, 0.5) is 0 Å². The monoisotopic (exact) mass is 293 g/mol. The van der Waals surface area contributed by atoms with Crippen LogP contribution in [0.25, 0.3) is 0 Å². The van der Waals surface area contributed by atoms with Gasteiger partial charge in [-0.1, -0.05) is 0 Å². The summed E-state index contributed by atoms with van der Waals surface area (Å²) in [7, 11) is 0. The van der Waals surface area contributed by atoms with E-state index in [2.05, 4.69) is 0 Å².